The fourth-order valence-corrected chi connectivity index (χ4v) is 5.33. The molecule has 0 bridgehead atoms. The Morgan fingerprint density at radius 1 is 1.16 bits per heavy atom. The third-order valence-corrected chi connectivity index (χ3v) is 7.29. The number of benzene rings is 1. The number of carbonyl (C=O) groups excluding carboxylic acids is 1. The molecule has 0 aliphatic carbocycles. The minimum Gasteiger partial charge on any atom is -0.391 e. The third kappa shape index (κ3) is 4.47. The Morgan fingerprint density at radius 2 is 2.05 bits per heavy atom. The number of halogens is 1. The van der Waals surface area contributed by atoms with Crippen LogP contribution in [-0.2, 0) is 0 Å². The van der Waals surface area contributed by atoms with Crippen LogP contribution in [0.25, 0.3) is 17.1 Å². The molecule has 0 radical (unpaired) electrons. The van der Waals surface area contributed by atoms with Crippen LogP contribution >= 0.6 is 0 Å². The molecule has 3 aromatic heterocycles. The van der Waals surface area contributed by atoms with Gasteiger partial charge >= 0.3 is 0 Å². The number of carbonyl (C=O) groups is 1. The van der Waals surface area contributed by atoms with Crippen molar-refractivity contribution in [3.8, 4) is 0 Å². The van der Waals surface area contributed by atoms with Gasteiger partial charge in [0.15, 0.2) is 11.5 Å². The van der Waals surface area contributed by atoms with E-state index in [0.717, 1.165) is 42.7 Å². The molecule has 1 aromatic carbocycles. The van der Waals surface area contributed by atoms with Crippen molar-refractivity contribution in [1.29, 1.82) is 0 Å². The molecule has 194 valence electrons. The molecule has 10 heteroatoms. The number of β-amino-alcohol motifs (C(OH)–C–C–N with tert-alkyl or cyclic N) is 1. The lowest BCUT2D eigenvalue weighted by Gasteiger charge is -2.26. The van der Waals surface area contributed by atoms with Gasteiger partial charge in [0.25, 0.3) is 5.91 Å². The van der Waals surface area contributed by atoms with Crippen molar-refractivity contribution >= 4 is 40.3 Å². The predicted molar refractivity (Wildman–Crippen MR) is 145 cm³/mol. The van der Waals surface area contributed by atoms with E-state index in [0.29, 0.717) is 41.2 Å². The number of pyridine rings is 2. The number of aromatic amines is 1. The van der Waals surface area contributed by atoms with Gasteiger partial charge in [0, 0.05) is 31.4 Å². The van der Waals surface area contributed by atoms with Crippen molar-refractivity contribution in [3.63, 3.8) is 0 Å². The first-order valence-electron chi connectivity index (χ1n) is 12.7. The van der Waals surface area contributed by atoms with Crippen LogP contribution in [0.5, 0.6) is 0 Å². The van der Waals surface area contributed by atoms with Crippen molar-refractivity contribution in [2.75, 3.05) is 34.8 Å². The largest absolute Gasteiger partial charge is 0.391 e. The zero-order valence-corrected chi connectivity index (χ0v) is 20.8. The highest BCUT2D eigenvalue weighted by molar-refractivity contribution is 6.05. The van der Waals surface area contributed by atoms with Crippen LogP contribution in [0.2, 0.25) is 0 Å². The lowest BCUT2D eigenvalue weighted by molar-refractivity contribution is 0.102. The first-order chi connectivity index (χ1) is 18.5. The zero-order valence-electron chi connectivity index (χ0n) is 20.8. The highest BCUT2D eigenvalue weighted by Gasteiger charge is 2.31. The SMILES string of the molecule is C=Cc1ccc(F)c([C@H]2CCCN2c2n[nH]c3ncc(NC(=O)c4ccc(N5CC[C@H](O)C5)nc4)cc23)c1. The van der Waals surface area contributed by atoms with Crippen molar-refractivity contribution in [2.24, 2.45) is 0 Å². The molecular formula is C28H28FN7O2. The molecule has 0 unspecified atom stereocenters. The number of aliphatic hydroxyl groups is 1. The molecule has 5 heterocycles. The van der Waals surface area contributed by atoms with E-state index in [2.05, 4.69) is 37.0 Å². The van der Waals surface area contributed by atoms with E-state index in [1.165, 1.54) is 12.3 Å². The van der Waals surface area contributed by atoms with Crippen LogP contribution in [-0.4, -0.2) is 56.9 Å². The van der Waals surface area contributed by atoms with Crippen LogP contribution in [0.4, 0.5) is 21.7 Å². The molecular weight excluding hydrogens is 485 g/mol. The first kappa shape index (κ1) is 24.1. The maximum Gasteiger partial charge on any atom is 0.257 e. The van der Waals surface area contributed by atoms with E-state index >= 15 is 0 Å². The molecule has 38 heavy (non-hydrogen) atoms. The van der Waals surface area contributed by atoms with Crippen LogP contribution < -0.4 is 15.1 Å². The highest BCUT2D eigenvalue weighted by Crippen LogP contribution is 2.39. The second-order valence-corrected chi connectivity index (χ2v) is 9.75. The number of anilines is 3. The Morgan fingerprint density at radius 3 is 2.82 bits per heavy atom. The summed E-state index contributed by atoms with van der Waals surface area (Å²) in [6.07, 6.45) is 6.89. The van der Waals surface area contributed by atoms with E-state index in [4.69, 9.17) is 0 Å². The third-order valence-electron chi connectivity index (χ3n) is 7.29. The van der Waals surface area contributed by atoms with Gasteiger partial charge in [-0.25, -0.2) is 14.4 Å². The standard InChI is InChI=1S/C28H28FN7O2/c1-2-17-5-7-23(29)21(12-17)24-4-3-10-36(24)27-22-13-19(15-31-26(22)33-34-27)32-28(38)18-6-8-25(30-14-18)35-11-9-20(37)16-35/h2,5-8,12-15,20,24,37H,1,3-4,9-11,16H2,(H,32,38)(H,31,33,34)/t20-,24+/m0/s1. The monoisotopic (exact) mass is 513 g/mol. The average molecular weight is 514 g/mol. The Labute approximate surface area is 219 Å². The van der Waals surface area contributed by atoms with Gasteiger partial charge in [-0.2, -0.15) is 5.10 Å². The summed E-state index contributed by atoms with van der Waals surface area (Å²) in [6, 6.07) is 10.2. The van der Waals surface area contributed by atoms with Gasteiger partial charge in [0.2, 0.25) is 0 Å². The van der Waals surface area contributed by atoms with Crippen LogP contribution in [0.15, 0.2) is 55.4 Å². The molecule has 2 atom stereocenters. The molecule has 0 saturated carbocycles. The molecule has 2 aliphatic rings. The molecule has 2 aliphatic heterocycles. The van der Waals surface area contributed by atoms with Crippen molar-refractivity contribution in [2.45, 2.75) is 31.4 Å². The summed E-state index contributed by atoms with van der Waals surface area (Å²) in [5.74, 6) is 0.853. The number of rotatable bonds is 6. The van der Waals surface area contributed by atoms with Gasteiger partial charge in [-0.3, -0.25) is 9.89 Å². The zero-order chi connectivity index (χ0) is 26.2. The maximum atomic E-state index is 14.8. The number of aliphatic hydroxyl groups excluding tert-OH is 1. The first-order valence-corrected chi connectivity index (χ1v) is 12.7. The molecule has 1 amide bonds. The topological polar surface area (TPSA) is 110 Å². The van der Waals surface area contributed by atoms with E-state index < -0.39 is 0 Å². The fraction of sp³-hybridized carbons (Fsp3) is 0.286. The van der Waals surface area contributed by atoms with Gasteiger partial charge in [-0.1, -0.05) is 18.7 Å². The van der Waals surface area contributed by atoms with Gasteiger partial charge in [0.1, 0.15) is 11.6 Å². The number of amides is 1. The van der Waals surface area contributed by atoms with Crippen LogP contribution in [0, 0.1) is 5.82 Å². The number of nitrogens with zero attached hydrogens (tertiary/aromatic N) is 5. The summed E-state index contributed by atoms with van der Waals surface area (Å²) in [6.45, 7) is 5.82. The molecule has 4 aromatic rings. The Kier molecular flexibility index (Phi) is 6.24. The normalized spacial score (nSPS) is 19.3. The fourth-order valence-electron chi connectivity index (χ4n) is 5.33. The second-order valence-electron chi connectivity index (χ2n) is 9.75. The maximum absolute atomic E-state index is 14.8. The molecule has 6 rings (SSSR count). The summed E-state index contributed by atoms with van der Waals surface area (Å²) in [5, 5.41) is 20.9. The summed E-state index contributed by atoms with van der Waals surface area (Å²) in [4.78, 5) is 25.9. The van der Waals surface area contributed by atoms with E-state index in [1.807, 2.05) is 17.0 Å². The lowest BCUT2D eigenvalue weighted by Crippen LogP contribution is -2.24. The molecule has 2 fully saturated rings. The summed E-state index contributed by atoms with van der Waals surface area (Å²) in [5.41, 5.74) is 3.01. The van der Waals surface area contributed by atoms with Crippen molar-refractivity contribution in [3.05, 3.63) is 77.9 Å². The number of hydrogen-bond donors (Lipinski definition) is 3. The molecule has 3 N–H and O–H groups in total. The second kappa shape index (κ2) is 9.86. The van der Waals surface area contributed by atoms with E-state index in [9.17, 15) is 14.3 Å². The minimum absolute atomic E-state index is 0.166. The summed E-state index contributed by atoms with van der Waals surface area (Å²) < 4.78 is 14.8. The predicted octanol–water partition coefficient (Wildman–Crippen LogP) is 4.30. The number of hydrogen-bond acceptors (Lipinski definition) is 7. The van der Waals surface area contributed by atoms with Gasteiger partial charge < -0.3 is 20.2 Å². The molecule has 0 spiro atoms. The quantitative estimate of drug-likeness (QED) is 0.353. The van der Waals surface area contributed by atoms with Crippen LogP contribution in [0.3, 0.4) is 0 Å². The van der Waals surface area contributed by atoms with Gasteiger partial charge in [-0.05, 0) is 55.2 Å². The minimum atomic E-state index is -0.345. The number of nitrogens with one attached hydrogen (secondary N) is 2. The average Bonchev–Trinajstić information content (AvgIpc) is 3.68. The summed E-state index contributed by atoms with van der Waals surface area (Å²) >= 11 is 0. The van der Waals surface area contributed by atoms with Crippen molar-refractivity contribution in [1.82, 2.24) is 20.2 Å². The Bertz CT molecular complexity index is 1500. The number of H-pyrrole nitrogens is 1. The number of fused-ring (bicyclic) bond motifs is 1. The van der Waals surface area contributed by atoms with Crippen molar-refractivity contribution < 1.29 is 14.3 Å². The Hall–Kier alpha value is -4.31. The van der Waals surface area contributed by atoms with Gasteiger partial charge in [-0.15, -0.1) is 0 Å². The molecule has 2 saturated heterocycles. The highest BCUT2D eigenvalue weighted by atomic mass is 19.1. The summed E-state index contributed by atoms with van der Waals surface area (Å²) in [7, 11) is 0. The Balaban J connectivity index is 1.23. The smallest absolute Gasteiger partial charge is 0.257 e. The van der Waals surface area contributed by atoms with Crippen LogP contribution in [0.1, 0.15) is 46.8 Å². The molecule has 9 nitrogen and oxygen atoms in total. The van der Waals surface area contributed by atoms with E-state index in [-0.39, 0.29) is 23.9 Å². The van der Waals surface area contributed by atoms with Gasteiger partial charge in [0.05, 0.1) is 35.0 Å². The van der Waals surface area contributed by atoms with E-state index in [1.54, 1.807) is 30.5 Å². The number of aromatic nitrogens is 4. The lowest BCUT2D eigenvalue weighted by atomic mass is 10.0.